The van der Waals surface area contributed by atoms with E-state index in [1.165, 1.54) is 15.5 Å². The van der Waals surface area contributed by atoms with Crippen LogP contribution in [0.5, 0.6) is 5.75 Å². The van der Waals surface area contributed by atoms with E-state index in [-0.39, 0.29) is 35.7 Å². The van der Waals surface area contributed by atoms with Gasteiger partial charge < -0.3 is 9.14 Å². The molecule has 0 aliphatic carbocycles. The first-order valence-electron chi connectivity index (χ1n) is 9.68. The maximum atomic E-state index is 12.6. The second-order valence-corrected chi connectivity index (χ2v) is 7.79. The molecule has 0 saturated carbocycles. The summed E-state index contributed by atoms with van der Waals surface area (Å²) in [6, 6.07) is 3.11. The van der Waals surface area contributed by atoms with Crippen molar-refractivity contribution in [1.29, 1.82) is 0 Å². The van der Waals surface area contributed by atoms with Gasteiger partial charge in [-0.25, -0.2) is 4.98 Å². The number of hydrogen-bond donors (Lipinski definition) is 0. The molecule has 2 aromatic rings. The van der Waals surface area contributed by atoms with Crippen LogP contribution in [0.25, 0.3) is 5.65 Å². The number of aromatic nitrogens is 2. The number of imide groups is 1. The Kier molecular flexibility index (Phi) is 7.04. The fourth-order valence-electron chi connectivity index (χ4n) is 2.91. The fraction of sp³-hybridized carbons (Fsp3) is 0.400. The Hall–Kier alpha value is -2.82. The van der Waals surface area contributed by atoms with Crippen LogP contribution >= 0.6 is 11.8 Å². The minimum Gasteiger partial charge on any atom is -0.490 e. The zero-order chi connectivity index (χ0) is 22.6. The van der Waals surface area contributed by atoms with Gasteiger partial charge >= 0.3 is 6.18 Å². The number of pyridine rings is 1. The largest absolute Gasteiger partial charge is 0.490 e. The number of allylic oxidation sites excluding steroid dienone is 1. The third-order valence-corrected chi connectivity index (χ3v) is 5.42. The number of halogens is 3. The van der Waals surface area contributed by atoms with E-state index in [1.54, 1.807) is 18.2 Å². The number of fused-ring (bicyclic) bond motifs is 1. The van der Waals surface area contributed by atoms with Crippen LogP contribution in [0.15, 0.2) is 35.5 Å². The number of hydrogen-bond acceptors (Lipinski definition) is 6. The number of ether oxygens (including phenoxy) is 1. The van der Waals surface area contributed by atoms with E-state index in [2.05, 4.69) is 4.98 Å². The highest BCUT2D eigenvalue weighted by Crippen LogP contribution is 2.31. The maximum absolute atomic E-state index is 12.6. The molecule has 0 atom stereocenters. The Morgan fingerprint density at radius 3 is 2.77 bits per heavy atom. The van der Waals surface area contributed by atoms with E-state index in [9.17, 15) is 27.6 Å². The number of rotatable bonds is 9. The number of carbonyl (C=O) groups excluding carboxylic acids is 3. The first-order chi connectivity index (χ1) is 14.7. The quantitative estimate of drug-likeness (QED) is 0.312. The molecule has 166 valence electrons. The van der Waals surface area contributed by atoms with Crippen molar-refractivity contribution in [3.63, 3.8) is 0 Å². The highest BCUT2D eigenvalue weighted by molar-refractivity contribution is 8.18. The molecule has 0 unspecified atom stereocenters. The summed E-state index contributed by atoms with van der Waals surface area (Å²) < 4.78 is 44.8. The van der Waals surface area contributed by atoms with Gasteiger partial charge in [0.15, 0.2) is 11.4 Å². The molecule has 0 spiro atoms. The fourth-order valence-corrected chi connectivity index (χ4v) is 3.79. The van der Waals surface area contributed by atoms with Crippen LogP contribution in [-0.2, 0) is 4.79 Å². The van der Waals surface area contributed by atoms with Gasteiger partial charge in [0.2, 0.25) is 0 Å². The molecule has 0 aromatic carbocycles. The maximum Gasteiger partial charge on any atom is 0.456 e. The Labute approximate surface area is 180 Å². The van der Waals surface area contributed by atoms with Gasteiger partial charge in [-0.05, 0) is 43.2 Å². The van der Waals surface area contributed by atoms with Gasteiger partial charge in [-0.15, -0.1) is 0 Å². The van der Waals surface area contributed by atoms with Crippen molar-refractivity contribution >= 4 is 34.3 Å². The molecule has 2 aromatic heterocycles. The molecule has 11 heteroatoms. The smallest absolute Gasteiger partial charge is 0.456 e. The first-order valence-corrected chi connectivity index (χ1v) is 10.5. The highest BCUT2D eigenvalue weighted by Gasteiger charge is 2.41. The van der Waals surface area contributed by atoms with Crippen LogP contribution in [0.1, 0.15) is 43.1 Å². The zero-order valence-corrected chi connectivity index (χ0v) is 17.5. The molecule has 0 N–H and O–H groups in total. The standard InChI is InChI=1S/C20H20F3N3O4S/c1-2-3-8-15-18(28)26(19(29)31-15)10-4-5-11-30-14-7-6-9-25-12-13(24-17(14)25)16(27)20(21,22)23/h6-9,12H,2-5,10-11H2,1H3/b15-8+. The molecule has 1 aliphatic rings. The van der Waals surface area contributed by atoms with Crippen LogP contribution in [0, 0.1) is 0 Å². The van der Waals surface area contributed by atoms with Crippen molar-refractivity contribution < 1.29 is 32.3 Å². The second kappa shape index (κ2) is 9.54. The Morgan fingerprint density at radius 1 is 1.29 bits per heavy atom. The topological polar surface area (TPSA) is 81.0 Å². The molecule has 2 amide bonds. The summed E-state index contributed by atoms with van der Waals surface area (Å²) >= 11 is 0.939. The Bertz CT molecular complexity index is 1030. The summed E-state index contributed by atoms with van der Waals surface area (Å²) in [6.45, 7) is 2.45. The number of carbonyl (C=O) groups is 3. The lowest BCUT2D eigenvalue weighted by atomic mass is 10.3. The van der Waals surface area contributed by atoms with Crippen molar-refractivity contribution in [2.24, 2.45) is 0 Å². The summed E-state index contributed by atoms with van der Waals surface area (Å²) in [6.07, 6.45) is 1.87. The van der Waals surface area contributed by atoms with E-state index in [4.69, 9.17) is 4.74 Å². The van der Waals surface area contributed by atoms with E-state index < -0.39 is 17.7 Å². The number of amides is 2. The summed E-state index contributed by atoms with van der Waals surface area (Å²) in [7, 11) is 0. The Balaban J connectivity index is 1.54. The monoisotopic (exact) mass is 455 g/mol. The number of nitrogens with zero attached hydrogens (tertiary/aromatic N) is 3. The van der Waals surface area contributed by atoms with Gasteiger partial charge in [0.25, 0.3) is 16.9 Å². The number of ketones is 1. The predicted molar refractivity (Wildman–Crippen MR) is 108 cm³/mol. The van der Waals surface area contributed by atoms with Gasteiger partial charge in [0, 0.05) is 18.9 Å². The van der Waals surface area contributed by atoms with Crippen molar-refractivity contribution in [2.45, 2.75) is 38.8 Å². The summed E-state index contributed by atoms with van der Waals surface area (Å²) in [5, 5.41) is -0.294. The minimum absolute atomic E-state index is 0.0992. The number of imidazole rings is 1. The van der Waals surface area contributed by atoms with Gasteiger partial charge in [0.1, 0.15) is 5.69 Å². The second-order valence-electron chi connectivity index (χ2n) is 6.79. The average Bonchev–Trinajstić information content (AvgIpc) is 3.27. The molecule has 1 aliphatic heterocycles. The normalized spacial score (nSPS) is 16.0. The van der Waals surface area contributed by atoms with Gasteiger partial charge in [-0.1, -0.05) is 19.4 Å². The molecule has 0 radical (unpaired) electrons. The summed E-state index contributed by atoms with van der Waals surface area (Å²) in [5.41, 5.74) is -0.610. The third kappa shape index (κ3) is 5.27. The molecule has 3 rings (SSSR count). The molecule has 1 fully saturated rings. The number of thioether (sulfide) groups is 1. The molecule has 1 saturated heterocycles. The first kappa shape index (κ1) is 22.9. The van der Waals surface area contributed by atoms with E-state index in [0.717, 1.165) is 30.8 Å². The van der Waals surface area contributed by atoms with Crippen LogP contribution in [0.4, 0.5) is 18.0 Å². The minimum atomic E-state index is -5.01. The number of Topliss-reactive ketones (excluding diaryl/α,β-unsaturated/α-hetero) is 1. The lowest BCUT2D eigenvalue weighted by molar-refractivity contribution is -0.122. The summed E-state index contributed by atoms with van der Waals surface area (Å²) in [5.74, 6) is -2.07. The lowest BCUT2D eigenvalue weighted by Crippen LogP contribution is -2.29. The zero-order valence-electron chi connectivity index (χ0n) is 16.6. The predicted octanol–water partition coefficient (Wildman–Crippen LogP) is 4.62. The SMILES string of the molecule is CCC/C=C1/SC(=O)N(CCCCOc2cccn3cc(C(=O)C(F)(F)F)nc23)C1=O. The van der Waals surface area contributed by atoms with E-state index in [0.29, 0.717) is 17.7 Å². The van der Waals surface area contributed by atoms with Crippen LogP contribution in [0.2, 0.25) is 0 Å². The van der Waals surface area contributed by atoms with Crippen molar-refractivity contribution in [3.8, 4) is 5.75 Å². The molecular formula is C20H20F3N3O4S. The lowest BCUT2D eigenvalue weighted by Gasteiger charge is -2.12. The Morgan fingerprint density at radius 2 is 2.06 bits per heavy atom. The molecule has 31 heavy (non-hydrogen) atoms. The highest BCUT2D eigenvalue weighted by atomic mass is 32.2. The number of alkyl halides is 3. The van der Waals surface area contributed by atoms with Gasteiger partial charge in [0.05, 0.1) is 11.5 Å². The molecule has 0 bridgehead atoms. The van der Waals surface area contributed by atoms with Crippen LogP contribution < -0.4 is 4.74 Å². The average molecular weight is 455 g/mol. The third-order valence-electron chi connectivity index (χ3n) is 4.46. The number of unbranched alkanes of at least 4 members (excludes halogenated alkanes) is 2. The van der Waals surface area contributed by atoms with Gasteiger partial charge in [-0.3, -0.25) is 19.3 Å². The van der Waals surface area contributed by atoms with Crippen molar-refractivity contribution in [3.05, 3.63) is 41.2 Å². The van der Waals surface area contributed by atoms with Crippen molar-refractivity contribution in [1.82, 2.24) is 14.3 Å². The van der Waals surface area contributed by atoms with Crippen LogP contribution in [0.3, 0.4) is 0 Å². The van der Waals surface area contributed by atoms with Gasteiger partial charge in [-0.2, -0.15) is 13.2 Å². The van der Waals surface area contributed by atoms with Crippen molar-refractivity contribution in [2.75, 3.05) is 13.2 Å². The molecule has 7 nitrogen and oxygen atoms in total. The summed E-state index contributed by atoms with van der Waals surface area (Å²) in [4.78, 5) is 41.1. The van der Waals surface area contributed by atoms with E-state index in [1.807, 2.05) is 6.92 Å². The van der Waals surface area contributed by atoms with E-state index >= 15 is 0 Å². The molecule has 3 heterocycles. The molecular weight excluding hydrogens is 435 g/mol. The van der Waals surface area contributed by atoms with Crippen LogP contribution in [-0.4, -0.2) is 50.5 Å².